The maximum atomic E-state index is 12.7. The molecule has 0 spiro atoms. The lowest BCUT2D eigenvalue weighted by atomic mass is 10.0. The predicted octanol–water partition coefficient (Wildman–Crippen LogP) is 1.92. The molecule has 174 valence electrons. The second kappa shape index (κ2) is 11.0. The van der Waals surface area contributed by atoms with Crippen LogP contribution in [0.1, 0.15) is 31.8 Å². The molecular weight excluding hydrogens is 466 g/mol. The summed E-state index contributed by atoms with van der Waals surface area (Å²) in [6, 6.07) is 14.2. The third kappa shape index (κ3) is 6.36. The van der Waals surface area contributed by atoms with Crippen molar-refractivity contribution in [1.29, 1.82) is 0 Å². The highest BCUT2D eigenvalue weighted by Gasteiger charge is 2.18. The summed E-state index contributed by atoms with van der Waals surface area (Å²) in [6.07, 6.45) is 1.64. The molecule has 0 radical (unpaired) electrons. The van der Waals surface area contributed by atoms with Gasteiger partial charge in [-0.2, -0.15) is 0 Å². The number of carbonyl (C=O) groups excluding carboxylic acids is 2. The molecule has 2 aromatic carbocycles. The van der Waals surface area contributed by atoms with E-state index in [1.807, 2.05) is 19.1 Å². The fourth-order valence-corrected chi connectivity index (χ4v) is 3.90. The van der Waals surface area contributed by atoms with Gasteiger partial charge in [0.1, 0.15) is 0 Å². The average Bonchev–Trinajstić information content (AvgIpc) is 2.81. The smallest absolute Gasteiger partial charge is 0.266 e. The normalized spacial score (nSPS) is 10.8. The summed E-state index contributed by atoms with van der Waals surface area (Å²) < 4.78 is 25.2. The number of carbonyl (C=O) groups is 2. The number of aryl methyl sites for hydroxylation is 1. The van der Waals surface area contributed by atoms with Gasteiger partial charge in [-0.1, -0.05) is 6.07 Å². The maximum Gasteiger partial charge on any atom is 0.266 e. The molecule has 11 heteroatoms. The summed E-state index contributed by atoms with van der Waals surface area (Å²) in [5.74, 6) is -1.07. The van der Waals surface area contributed by atoms with Gasteiger partial charge in [0.25, 0.3) is 21.8 Å². The molecule has 0 saturated heterocycles. The number of sulfonamides is 1. The molecule has 0 unspecified atom stereocenters. The standard InChI is InChI=1S/C22H23N5O4S.ClH/c1-14-8-17(20-10-15(13-23)6-7-25-20)11-18(9-14)22(29)26-27-32(30,31)19-5-3-4-16(12-19)21(28)24-2;/h3-12,27H,13,23H2,1-2H3,(H,24,28)(H,26,29);1H. The number of hydrogen-bond donors (Lipinski definition) is 4. The van der Waals surface area contributed by atoms with Crippen molar-refractivity contribution in [3.63, 3.8) is 0 Å². The number of halogens is 1. The highest BCUT2D eigenvalue weighted by Crippen LogP contribution is 2.21. The fourth-order valence-electron chi connectivity index (χ4n) is 3.01. The number of aromatic nitrogens is 1. The van der Waals surface area contributed by atoms with Crippen molar-refractivity contribution < 1.29 is 18.0 Å². The van der Waals surface area contributed by atoms with Gasteiger partial charge in [-0.15, -0.1) is 17.2 Å². The van der Waals surface area contributed by atoms with E-state index in [0.29, 0.717) is 17.8 Å². The van der Waals surface area contributed by atoms with Crippen molar-refractivity contribution in [3.05, 3.63) is 83.0 Å². The first-order valence-electron chi connectivity index (χ1n) is 9.65. The van der Waals surface area contributed by atoms with Crippen molar-refractivity contribution in [2.75, 3.05) is 7.05 Å². The molecule has 3 aromatic rings. The van der Waals surface area contributed by atoms with Crippen LogP contribution < -0.4 is 21.3 Å². The Labute approximate surface area is 198 Å². The lowest BCUT2D eigenvalue weighted by Gasteiger charge is -2.11. The molecule has 9 nitrogen and oxygen atoms in total. The number of hydrazine groups is 1. The third-order valence-corrected chi connectivity index (χ3v) is 5.87. The van der Waals surface area contributed by atoms with E-state index in [9.17, 15) is 18.0 Å². The minimum atomic E-state index is -4.10. The number of nitrogens with two attached hydrogens (primary N) is 1. The number of pyridine rings is 1. The van der Waals surface area contributed by atoms with E-state index >= 15 is 0 Å². The molecule has 0 aliphatic rings. The second-order valence-corrected chi connectivity index (χ2v) is 8.69. The summed E-state index contributed by atoms with van der Waals surface area (Å²) >= 11 is 0. The number of hydrogen-bond acceptors (Lipinski definition) is 6. The number of rotatable bonds is 7. The van der Waals surface area contributed by atoms with Gasteiger partial charge in [0.05, 0.1) is 10.6 Å². The van der Waals surface area contributed by atoms with Gasteiger partial charge in [0.2, 0.25) is 0 Å². The van der Waals surface area contributed by atoms with Crippen LogP contribution in [0.15, 0.2) is 65.7 Å². The molecule has 33 heavy (non-hydrogen) atoms. The molecule has 0 aliphatic carbocycles. The van der Waals surface area contributed by atoms with Crippen LogP contribution in [0.5, 0.6) is 0 Å². The van der Waals surface area contributed by atoms with Crippen LogP contribution in [0.4, 0.5) is 0 Å². The lowest BCUT2D eigenvalue weighted by molar-refractivity contribution is 0.0941. The van der Waals surface area contributed by atoms with Crippen molar-refractivity contribution in [2.24, 2.45) is 5.73 Å². The second-order valence-electron chi connectivity index (χ2n) is 7.01. The summed E-state index contributed by atoms with van der Waals surface area (Å²) in [4.78, 5) is 30.6. The molecule has 0 aliphatic heterocycles. The molecule has 1 aromatic heterocycles. The topological polar surface area (TPSA) is 143 Å². The maximum absolute atomic E-state index is 12.7. The Bertz CT molecular complexity index is 1280. The van der Waals surface area contributed by atoms with E-state index in [-0.39, 0.29) is 28.4 Å². The zero-order valence-electron chi connectivity index (χ0n) is 18.0. The molecule has 0 atom stereocenters. The minimum Gasteiger partial charge on any atom is -0.355 e. The summed E-state index contributed by atoms with van der Waals surface area (Å²) in [7, 11) is -2.65. The van der Waals surface area contributed by atoms with Crippen molar-refractivity contribution in [2.45, 2.75) is 18.4 Å². The van der Waals surface area contributed by atoms with E-state index in [2.05, 4.69) is 20.6 Å². The third-order valence-electron chi connectivity index (χ3n) is 4.63. The molecule has 0 saturated carbocycles. The SMILES string of the molecule is CNC(=O)c1cccc(S(=O)(=O)NNC(=O)c2cc(C)cc(-c3cc(CN)ccn3)c2)c1.Cl. The molecule has 2 amide bonds. The van der Waals surface area contributed by atoms with Crippen molar-refractivity contribution in [1.82, 2.24) is 20.6 Å². The molecule has 1 heterocycles. The van der Waals surface area contributed by atoms with E-state index < -0.39 is 21.8 Å². The van der Waals surface area contributed by atoms with Crippen LogP contribution in [-0.4, -0.2) is 32.3 Å². The zero-order valence-corrected chi connectivity index (χ0v) is 19.6. The van der Waals surface area contributed by atoms with Gasteiger partial charge < -0.3 is 11.1 Å². The summed E-state index contributed by atoms with van der Waals surface area (Å²) in [5, 5.41) is 2.43. The minimum absolute atomic E-state index is 0. The van der Waals surface area contributed by atoms with Crippen molar-refractivity contribution in [3.8, 4) is 11.3 Å². The van der Waals surface area contributed by atoms with Crippen molar-refractivity contribution >= 4 is 34.2 Å². The molecule has 0 bridgehead atoms. The van der Waals surface area contributed by atoms with Gasteiger partial charge in [-0.25, -0.2) is 8.42 Å². The Morgan fingerprint density at radius 2 is 1.76 bits per heavy atom. The number of amides is 2. The monoisotopic (exact) mass is 489 g/mol. The fraction of sp³-hybridized carbons (Fsp3) is 0.136. The van der Waals surface area contributed by atoms with Crippen LogP contribution in [0.3, 0.4) is 0 Å². The number of nitrogens with one attached hydrogen (secondary N) is 3. The predicted molar refractivity (Wildman–Crippen MR) is 127 cm³/mol. The van der Waals surface area contributed by atoms with E-state index in [0.717, 1.165) is 11.1 Å². The average molecular weight is 490 g/mol. The zero-order chi connectivity index (χ0) is 23.3. The van der Waals surface area contributed by atoms with Gasteiger partial charge in [0, 0.05) is 36.5 Å². The van der Waals surface area contributed by atoms with E-state index in [4.69, 9.17) is 5.73 Å². The van der Waals surface area contributed by atoms with E-state index in [1.54, 1.807) is 24.4 Å². The van der Waals surface area contributed by atoms with Crippen LogP contribution in [-0.2, 0) is 16.6 Å². The Morgan fingerprint density at radius 3 is 2.45 bits per heavy atom. The Balaban J connectivity index is 0.00000385. The summed E-state index contributed by atoms with van der Waals surface area (Å²) in [6.45, 7) is 2.18. The first-order valence-corrected chi connectivity index (χ1v) is 11.1. The van der Waals surface area contributed by atoms with Gasteiger partial charge >= 0.3 is 0 Å². The first-order chi connectivity index (χ1) is 15.2. The first kappa shape index (κ1) is 25.9. The van der Waals surface area contributed by atoms with Crippen LogP contribution >= 0.6 is 12.4 Å². The van der Waals surface area contributed by atoms with Gasteiger partial charge in [0.15, 0.2) is 0 Å². The molecule has 0 fully saturated rings. The highest BCUT2D eigenvalue weighted by atomic mass is 35.5. The summed E-state index contributed by atoms with van der Waals surface area (Å²) in [5.41, 5.74) is 11.4. The number of nitrogens with zero attached hydrogens (tertiary/aromatic N) is 1. The Hall–Kier alpha value is -3.31. The Morgan fingerprint density at radius 1 is 1.00 bits per heavy atom. The van der Waals surface area contributed by atoms with Crippen LogP contribution in [0.25, 0.3) is 11.3 Å². The molecular formula is C22H24ClN5O4S. The largest absolute Gasteiger partial charge is 0.355 e. The Kier molecular flexibility index (Phi) is 8.66. The molecule has 3 rings (SSSR count). The van der Waals surface area contributed by atoms with E-state index in [1.165, 1.54) is 31.3 Å². The van der Waals surface area contributed by atoms with Crippen LogP contribution in [0.2, 0.25) is 0 Å². The number of benzene rings is 2. The van der Waals surface area contributed by atoms with Gasteiger partial charge in [-0.3, -0.25) is 20.0 Å². The quantitative estimate of drug-likeness (QED) is 0.373. The highest BCUT2D eigenvalue weighted by molar-refractivity contribution is 7.89. The lowest BCUT2D eigenvalue weighted by Crippen LogP contribution is -2.41. The molecule has 5 N–H and O–H groups in total. The van der Waals surface area contributed by atoms with Gasteiger partial charge in [-0.05, 0) is 66.6 Å². The van der Waals surface area contributed by atoms with Crippen LogP contribution in [0, 0.1) is 6.92 Å².